The summed E-state index contributed by atoms with van der Waals surface area (Å²) in [5.74, 6) is -0.226. The van der Waals surface area contributed by atoms with E-state index in [4.69, 9.17) is 30.6 Å². The summed E-state index contributed by atoms with van der Waals surface area (Å²) in [6.07, 6.45) is 3.32. The molecule has 6 aromatic rings. The van der Waals surface area contributed by atoms with E-state index in [0.717, 1.165) is 63.7 Å². The number of H-pyrrole nitrogens is 1. The average Bonchev–Trinajstić information content (AvgIpc) is 3.67. The lowest BCUT2D eigenvalue weighted by molar-refractivity contribution is 0.0690. The first-order valence-electron chi connectivity index (χ1n) is 17.8. The standard InChI is InChI=1S/C42H46ClN3O5Si/c1-5-6-26-52(32-14-9-7-10-15-32,33-16-11-8-12-17-33)51-25-13-18-34-35-23-24-36(43)39(40(35)44-41(34)42(47)48)38-29(2)45-46(3)37(38)28-50-27-30-19-21-31(49-4)22-20-30/h7-12,14-17,19-24,44H,5-6,13,18,25-28H2,1-4H3,(H,47,48). The van der Waals surface area contributed by atoms with Crippen molar-refractivity contribution >= 4 is 47.2 Å². The van der Waals surface area contributed by atoms with Gasteiger partial charge in [0.1, 0.15) is 11.4 Å². The van der Waals surface area contributed by atoms with Crippen LogP contribution in [0.5, 0.6) is 5.75 Å². The molecule has 0 bridgehead atoms. The minimum Gasteiger partial charge on any atom is -0.497 e. The van der Waals surface area contributed by atoms with Gasteiger partial charge in [-0.15, -0.1) is 0 Å². The van der Waals surface area contributed by atoms with Crippen LogP contribution in [-0.4, -0.2) is 47.9 Å². The highest BCUT2D eigenvalue weighted by Crippen LogP contribution is 2.41. The number of carboxylic acid groups (broad SMARTS) is 1. The zero-order valence-corrected chi connectivity index (χ0v) is 32.0. The van der Waals surface area contributed by atoms with E-state index in [1.807, 2.05) is 62.5 Å². The van der Waals surface area contributed by atoms with Gasteiger partial charge in [0.05, 0.1) is 42.3 Å². The molecule has 0 radical (unpaired) electrons. The third kappa shape index (κ3) is 7.73. The van der Waals surface area contributed by atoms with Gasteiger partial charge in [0.2, 0.25) is 0 Å². The van der Waals surface area contributed by atoms with Gasteiger partial charge in [-0.2, -0.15) is 5.10 Å². The van der Waals surface area contributed by atoms with Crippen LogP contribution < -0.4 is 15.1 Å². The first-order chi connectivity index (χ1) is 25.3. The van der Waals surface area contributed by atoms with E-state index >= 15 is 0 Å². The first-order valence-corrected chi connectivity index (χ1v) is 20.3. The number of carboxylic acids is 1. The van der Waals surface area contributed by atoms with Crippen molar-refractivity contribution < 1.29 is 23.8 Å². The molecule has 6 rings (SSSR count). The Labute approximate surface area is 311 Å². The molecule has 0 spiro atoms. The van der Waals surface area contributed by atoms with Crippen molar-refractivity contribution in [2.45, 2.75) is 58.8 Å². The number of fused-ring (bicyclic) bond motifs is 1. The van der Waals surface area contributed by atoms with E-state index in [2.05, 4.69) is 60.4 Å². The Hall–Kier alpha value is -4.67. The molecule has 0 aliphatic carbocycles. The van der Waals surface area contributed by atoms with E-state index in [-0.39, 0.29) is 12.3 Å². The molecule has 0 saturated carbocycles. The molecule has 270 valence electrons. The van der Waals surface area contributed by atoms with E-state index in [0.29, 0.717) is 36.6 Å². The zero-order valence-electron chi connectivity index (χ0n) is 30.2. The number of ether oxygens (including phenoxy) is 2. The lowest BCUT2D eigenvalue weighted by Gasteiger charge is -2.33. The molecule has 10 heteroatoms. The van der Waals surface area contributed by atoms with Crippen molar-refractivity contribution in [3.8, 4) is 16.9 Å². The van der Waals surface area contributed by atoms with Crippen LogP contribution >= 0.6 is 11.6 Å². The van der Waals surface area contributed by atoms with Gasteiger partial charge >= 0.3 is 5.97 Å². The molecular weight excluding hydrogens is 690 g/mol. The van der Waals surface area contributed by atoms with Crippen molar-refractivity contribution in [3.05, 3.63) is 130 Å². The van der Waals surface area contributed by atoms with Crippen molar-refractivity contribution in [2.24, 2.45) is 7.05 Å². The Bertz CT molecular complexity index is 2070. The Morgan fingerprint density at radius 2 is 1.58 bits per heavy atom. The van der Waals surface area contributed by atoms with Crippen LogP contribution in [0.1, 0.15) is 59.2 Å². The van der Waals surface area contributed by atoms with Crippen LogP contribution in [0.2, 0.25) is 11.1 Å². The van der Waals surface area contributed by atoms with Gasteiger partial charge in [0.15, 0.2) is 0 Å². The molecule has 0 saturated heterocycles. The Morgan fingerprint density at radius 1 is 0.904 bits per heavy atom. The monoisotopic (exact) mass is 735 g/mol. The summed E-state index contributed by atoms with van der Waals surface area (Å²) in [7, 11) is 0.969. The second-order valence-corrected chi connectivity index (χ2v) is 17.1. The summed E-state index contributed by atoms with van der Waals surface area (Å²) >= 11 is 6.95. The maximum Gasteiger partial charge on any atom is 0.352 e. The fourth-order valence-electron chi connectivity index (χ4n) is 7.19. The van der Waals surface area contributed by atoms with E-state index in [9.17, 15) is 9.90 Å². The number of aromatic nitrogens is 3. The number of benzene rings is 4. The first kappa shape index (κ1) is 37.1. The molecule has 0 atom stereocenters. The van der Waals surface area contributed by atoms with Crippen LogP contribution in [0.4, 0.5) is 0 Å². The maximum absolute atomic E-state index is 12.7. The Morgan fingerprint density at radius 3 is 2.19 bits per heavy atom. The van der Waals surface area contributed by atoms with Crippen LogP contribution in [0.3, 0.4) is 0 Å². The lowest BCUT2D eigenvalue weighted by Crippen LogP contribution is -2.60. The highest BCUT2D eigenvalue weighted by molar-refractivity contribution is 6.97. The zero-order chi connectivity index (χ0) is 36.7. The summed E-state index contributed by atoms with van der Waals surface area (Å²) in [4.78, 5) is 16.0. The molecule has 0 aliphatic heterocycles. The van der Waals surface area contributed by atoms with Gasteiger partial charge in [0, 0.05) is 30.2 Å². The van der Waals surface area contributed by atoms with Gasteiger partial charge in [-0.3, -0.25) is 4.68 Å². The number of halogens is 1. The number of nitrogens with one attached hydrogen (secondary N) is 1. The van der Waals surface area contributed by atoms with Crippen molar-refractivity contribution in [1.82, 2.24) is 14.8 Å². The topological polar surface area (TPSA) is 98.6 Å². The molecular formula is C42H46ClN3O5Si. The molecule has 2 aromatic heterocycles. The maximum atomic E-state index is 12.7. The highest BCUT2D eigenvalue weighted by atomic mass is 35.5. The molecule has 4 aromatic carbocycles. The number of rotatable bonds is 17. The van der Waals surface area contributed by atoms with E-state index < -0.39 is 14.3 Å². The number of nitrogens with zero attached hydrogens (tertiary/aromatic N) is 2. The van der Waals surface area contributed by atoms with E-state index in [1.54, 1.807) is 11.8 Å². The predicted octanol–water partition coefficient (Wildman–Crippen LogP) is 8.46. The third-order valence-electron chi connectivity index (χ3n) is 9.79. The third-order valence-corrected chi connectivity index (χ3v) is 14.4. The quantitative estimate of drug-likeness (QED) is 0.0721. The van der Waals surface area contributed by atoms with Crippen molar-refractivity contribution in [1.29, 1.82) is 0 Å². The number of hydrogen-bond acceptors (Lipinski definition) is 5. The number of carbonyl (C=O) groups is 1. The number of aromatic carboxylic acids is 1. The summed E-state index contributed by atoms with van der Waals surface area (Å²) in [6, 6.07) is 33.7. The van der Waals surface area contributed by atoms with Gasteiger partial charge in [-0.25, -0.2) is 4.79 Å². The largest absolute Gasteiger partial charge is 0.497 e. The fraction of sp³-hybridized carbons (Fsp3) is 0.286. The summed E-state index contributed by atoms with van der Waals surface area (Å²) in [6.45, 7) is 5.34. The molecule has 2 N–H and O–H groups in total. The number of hydrogen-bond donors (Lipinski definition) is 2. The van der Waals surface area contributed by atoms with Gasteiger partial charge in [-0.05, 0) is 65.5 Å². The number of aryl methyl sites for hydroxylation is 3. The summed E-state index contributed by atoms with van der Waals surface area (Å²) in [5.41, 5.74) is 5.77. The number of unbranched alkanes of at least 4 members (excludes halogenated alkanes) is 1. The smallest absolute Gasteiger partial charge is 0.352 e. The van der Waals surface area contributed by atoms with Gasteiger partial charge in [-0.1, -0.05) is 110 Å². The predicted molar refractivity (Wildman–Crippen MR) is 211 cm³/mol. The van der Waals surface area contributed by atoms with Crippen molar-refractivity contribution in [3.63, 3.8) is 0 Å². The van der Waals surface area contributed by atoms with Crippen LogP contribution in [0, 0.1) is 6.92 Å². The molecule has 0 aliphatic rings. The molecule has 0 fully saturated rings. The minimum absolute atomic E-state index is 0.165. The lowest BCUT2D eigenvalue weighted by atomic mass is 9.98. The van der Waals surface area contributed by atoms with Crippen LogP contribution in [0.25, 0.3) is 22.0 Å². The number of aromatic amines is 1. The molecule has 2 heterocycles. The molecule has 8 nitrogen and oxygen atoms in total. The highest BCUT2D eigenvalue weighted by Gasteiger charge is 2.39. The Kier molecular flexibility index (Phi) is 12.0. The van der Waals surface area contributed by atoms with Gasteiger partial charge in [0.25, 0.3) is 8.32 Å². The second kappa shape index (κ2) is 16.8. The Balaban J connectivity index is 1.29. The average molecular weight is 736 g/mol. The SMILES string of the molecule is CCCC[Si](OCCCc1c(C(=O)O)[nH]c2c(-c3c(C)nn(C)c3COCc3ccc(OC)cc3)c(Cl)ccc12)(c1ccccc1)c1ccccc1. The van der Waals surface area contributed by atoms with E-state index in [1.165, 1.54) is 10.4 Å². The summed E-state index contributed by atoms with van der Waals surface area (Å²) < 4.78 is 20.3. The summed E-state index contributed by atoms with van der Waals surface area (Å²) in [5, 5.41) is 19.0. The fourth-order valence-corrected chi connectivity index (χ4v) is 11.6. The van der Waals surface area contributed by atoms with Gasteiger partial charge < -0.3 is 24.0 Å². The van der Waals surface area contributed by atoms with Crippen molar-refractivity contribution in [2.75, 3.05) is 13.7 Å². The minimum atomic E-state index is -2.56. The van der Waals surface area contributed by atoms with Crippen LogP contribution in [0.15, 0.2) is 97.1 Å². The molecule has 0 amide bonds. The number of methoxy groups -OCH3 is 1. The molecule has 0 unspecified atom stereocenters. The van der Waals surface area contributed by atoms with Crippen LogP contribution in [-0.2, 0) is 35.8 Å². The molecule has 52 heavy (non-hydrogen) atoms. The normalized spacial score (nSPS) is 11.7. The second-order valence-electron chi connectivity index (χ2n) is 13.1.